The van der Waals surface area contributed by atoms with Gasteiger partial charge >= 0.3 is 6.55 Å². The van der Waals surface area contributed by atoms with Gasteiger partial charge in [0.15, 0.2) is 0 Å². The molecule has 1 fully saturated rings. The van der Waals surface area contributed by atoms with E-state index in [2.05, 4.69) is 52.7 Å². The van der Waals surface area contributed by atoms with Crippen LogP contribution in [0.4, 0.5) is 14.5 Å². The van der Waals surface area contributed by atoms with Gasteiger partial charge in [-0.2, -0.15) is 24.2 Å². The van der Waals surface area contributed by atoms with Gasteiger partial charge in [0.1, 0.15) is 14.1 Å². The monoisotopic (exact) mass is 529 g/mol. The molecule has 0 aromatic carbocycles. The van der Waals surface area contributed by atoms with Gasteiger partial charge in [-0.1, -0.05) is 25.6 Å². The Bertz CT molecular complexity index is 1560. The van der Waals surface area contributed by atoms with Crippen LogP contribution in [-0.2, 0) is 0 Å². The highest BCUT2D eigenvalue weighted by molar-refractivity contribution is 6.83. The van der Waals surface area contributed by atoms with Crippen LogP contribution in [-0.4, -0.2) is 38.5 Å². The first-order chi connectivity index (χ1) is 18.2. The zero-order valence-corrected chi connectivity index (χ0v) is 22.6. The van der Waals surface area contributed by atoms with Crippen molar-refractivity contribution in [1.82, 2.24) is 24.4 Å². The van der Waals surface area contributed by atoms with Gasteiger partial charge in [-0.05, 0) is 61.4 Å². The van der Waals surface area contributed by atoms with E-state index in [0.717, 1.165) is 64.1 Å². The molecule has 0 bridgehead atoms. The molecule has 7 nitrogen and oxygen atoms in total. The van der Waals surface area contributed by atoms with E-state index in [1.807, 2.05) is 24.4 Å². The fourth-order valence-electron chi connectivity index (χ4n) is 4.78. The summed E-state index contributed by atoms with van der Waals surface area (Å²) >= 11 is 0. The van der Waals surface area contributed by atoms with Crippen LogP contribution in [0, 0.1) is 22.8 Å². The summed E-state index contributed by atoms with van der Waals surface area (Å²) in [7, 11) is -1.60. The van der Waals surface area contributed by atoms with Crippen molar-refractivity contribution >= 4 is 19.3 Å². The molecule has 0 aliphatic heterocycles. The third-order valence-corrected chi connectivity index (χ3v) is 7.62. The normalized spacial score (nSPS) is 17.7. The van der Waals surface area contributed by atoms with Crippen molar-refractivity contribution in [3.8, 4) is 28.9 Å². The van der Waals surface area contributed by atoms with Gasteiger partial charge in [-0.25, -0.2) is 9.20 Å². The van der Waals surface area contributed by atoms with Gasteiger partial charge in [0.25, 0.3) is 0 Å². The fourth-order valence-corrected chi connectivity index (χ4v) is 5.29. The molecular formula is C28H29F2N7Si. The largest absolute Gasteiger partial charge is 0.381 e. The second-order valence-electron chi connectivity index (χ2n) is 10.8. The van der Waals surface area contributed by atoms with Crippen molar-refractivity contribution in [2.45, 2.75) is 63.8 Å². The van der Waals surface area contributed by atoms with Crippen molar-refractivity contribution in [3.05, 3.63) is 65.7 Å². The Hall–Kier alpha value is -4.02. The highest BCUT2D eigenvalue weighted by Gasteiger charge is 2.25. The summed E-state index contributed by atoms with van der Waals surface area (Å²) < 4.78 is 28.4. The first kappa shape index (κ1) is 25.6. The fraction of sp³-hybridized carbons (Fsp3) is 0.357. The zero-order valence-electron chi connectivity index (χ0n) is 21.6. The van der Waals surface area contributed by atoms with Gasteiger partial charge in [-0.15, -0.1) is 5.54 Å². The quantitative estimate of drug-likeness (QED) is 0.245. The molecule has 0 saturated heterocycles. The SMILES string of the molecule is C[Si](C)(C)C#Cc1cnc(-c2ccc3cc(C#N)cnn23)cc1NC1CCC(c2cnn(C(F)F)c2)CC1. The van der Waals surface area contributed by atoms with Gasteiger partial charge in [0.05, 0.1) is 46.1 Å². The lowest BCUT2D eigenvalue weighted by atomic mass is 9.83. The Balaban J connectivity index is 1.40. The predicted molar refractivity (Wildman–Crippen MR) is 145 cm³/mol. The number of alkyl halides is 2. The first-order valence-electron chi connectivity index (χ1n) is 12.7. The summed E-state index contributed by atoms with van der Waals surface area (Å²) in [5, 5.41) is 21.1. The highest BCUT2D eigenvalue weighted by Crippen LogP contribution is 2.35. The highest BCUT2D eigenvalue weighted by atomic mass is 28.3. The Kier molecular flexibility index (Phi) is 7.00. The lowest BCUT2D eigenvalue weighted by Gasteiger charge is -2.29. The number of nitriles is 1. The maximum absolute atomic E-state index is 12.9. The lowest BCUT2D eigenvalue weighted by molar-refractivity contribution is 0.0565. The van der Waals surface area contributed by atoms with E-state index in [-0.39, 0.29) is 12.0 Å². The molecule has 1 N–H and O–H groups in total. The number of nitrogens with zero attached hydrogens (tertiary/aromatic N) is 6. The number of pyridine rings is 1. The summed E-state index contributed by atoms with van der Waals surface area (Å²) in [4.78, 5) is 4.71. The molecule has 1 saturated carbocycles. The second-order valence-corrected chi connectivity index (χ2v) is 15.5. The average molecular weight is 530 g/mol. The van der Waals surface area contributed by atoms with Crippen LogP contribution in [0.2, 0.25) is 19.6 Å². The Morgan fingerprint density at radius 2 is 1.84 bits per heavy atom. The van der Waals surface area contributed by atoms with Crippen LogP contribution in [0.5, 0.6) is 0 Å². The number of anilines is 1. The summed E-state index contributed by atoms with van der Waals surface area (Å²) in [5.41, 5.74) is 9.03. The molecule has 10 heteroatoms. The van der Waals surface area contributed by atoms with Gasteiger partial charge in [-0.3, -0.25) is 4.98 Å². The molecule has 5 rings (SSSR count). The van der Waals surface area contributed by atoms with Crippen LogP contribution in [0.15, 0.2) is 49.1 Å². The van der Waals surface area contributed by atoms with Crippen molar-refractivity contribution in [1.29, 1.82) is 5.26 Å². The summed E-state index contributed by atoms with van der Waals surface area (Å²) in [5.74, 6) is 3.59. The minimum atomic E-state index is -2.61. The minimum absolute atomic E-state index is 0.233. The third-order valence-electron chi connectivity index (χ3n) is 6.75. The molecule has 4 heterocycles. The van der Waals surface area contributed by atoms with E-state index in [0.29, 0.717) is 5.56 Å². The maximum Gasteiger partial charge on any atom is 0.333 e. The molecule has 0 amide bonds. The standard InChI is InChI=1S/C28H29F2N7Si/c1-38(2,3)11-10-21-16-32-26(27-9-8-24-12-19(14-31)15-34-37(24)27)13-25(21)35-23-6-4-20(5-7-23)22-17-33-36(18-22)28(29)30/h8-9,12-13,15-18,20,23,28H,4-7H2,1-3H3,(H,32,35). The van der Waals surface area contributed by atoms with Crippen LogP contribution in [0.1, 0.15) is 54.8 Å². The van der Waals surface area contributed by atoms with E-state index in [1.165, 1.54) is 6.20 Å². The van der Waals surface area contributed by atoms with Crippen molar-refractivity contribution < 1.29 is 8.78 Å². The molecule has 4 aromatic rings. The van der Waals surface area contributed by atoms with Crippen molar-refractivity contribution in [2.24, 2.45) is 0 Å². The van der Waals surface area contributed by atoms with E-state index >= 15 is 0 Å². The average Bonchev–Trinajstić information content (AvgIpc) is 3.55. The molecule has 0 radical (unpaired) electrons. The zero-order chi connectivity index (χ0) is 26.9. The number of aromatic nitrogens is 5. The van der Waals surface area contributed by atoms with Crippen LogP contribution < -0.4 is 5.32 Å². The number of nitrogens with one attached hydrogen (secondary N) is 1. The minimum Gasteiger partial charge on any atom is -0.381 e. The molecule has 4 aromatic heterocycles. The topological polar surface area (TPSA) is 83.8 Å². The number of hydrogen-bond acceptors (Lipinski definition) is 5. The number of halogens is 2. The maximum atomic E-state index is 12.9. The molecular weight excluding hydrogens is 500 g/mol. The summed E-state index contributed by atoms with van der Waals surface area (Å²) in [6.45, 7) is 4.01. The van der Waals surface area contributed by atoms with Crippen LogP contribution in [0.25, 0.3) is 16.9 Å². The van der Waals surface area contributed by atoms with Crippen LogP contribution >= 0.6 is 0 Å². The molecule has 38 heavy (non-hydrogen) atoms. The Morgan fingerprint density at radius 3 is 2.53 bits per heavy atom. The van der Waals surface area contributed by atoms with E-state index in [9.17, 15) is 14.0 Å². The van der Waals surface area contributed by atoms with Crippen molar-refractivity contribution in [2.75, 3.05) is 5.32 Å². The number of fused-ring (bicyclic) bond motifs is 1. The number of hydrogen-bond donors (Lipinski definition) is 1. The summed E-state index contributed by atoms with van der Waals surface area (Å²) in [6, 6.07) is 10.1. The van der Waals surface area contributed by atoms with Gasteiger partial charge < -0.3 is 5.32 Å². The van der Waals surface area contributed by atoms with Crippen molar-refractivity contribution in [3.63, 3.8) is 0 Å². The smallest absolute Gasteiger partial charge is 0.333 e. The van der Waals surface area contributed by atoms with E-state index in [1.54, 1.807) is 23.0 Å². The molecule has 0 unspecified atom stereocenters. The lowest BCUT2D eigenvalue weighted by Crippen LogP contribution is -2.26. The number of rotatable bonds is 5. The Morgan fingerprint density at radius 1 is 1.05 bits per heavy atom. The predicted octanol–water partition coefficient (Wildman–Crippen LogP) is 6.23. The molecule has 0 atom stereocenters. The molecule has 1 aliphatic rings. The molecule has 1 aliphatic carbocycles. The third kappa shape index (κ3) is 5.61. The summed E-state index contributed by atoms with van der Waals surface area (Å²) in [6.07, 6.45) is 10.0. The second kappa shape index (κ2) is 10.4. The van der Waals surface area contributed by atoms with Gasteiger partial charge in [0, 0.05) is 18.4 Å². The van der Waals surface area contributed by atoms with E-state index in [4.69, 9.17) is 4.98 Å². The van der Waals surface area contributed by atoms with Gasteiger partial charge in [0.2, 0.25) is 0 Å². The van der Waals surface area contributed by atoms with E-state index < -0.39 is 14.6 Å². The molecule has 0 spiro atoms. The first-order valence-corrected chi connectivity index (χ1v) is 16.2. The van der Waals surface area contributed by atoms with Crippen LogP contribution in [0.3, 0.4) is 0 Å². The Labute approximate surface area is 221 Å². The molecule has 194 valence electrons.